The summed E-state index contributed by atoms with van der Waals surface area (Å²) in [7, 11) is 0. The lowest BCUT2D eigenvalue weighted by atomic mass is 9.82. The minimum Gasteiger partial charge on any atom is -0.480 e. The smallest absolute Gasteiger partial charge is 0.327 e. The van der Waals surface area contributed by atoms with Gasteiger partial charge < -0.3 is 20.5 Å². The number of carbonyl (C=O) groups is 3. The number of likely N-dealkylation sites (tertiary alicyclic amines) is 2. The SMILES string of the molecule is Nc1cc(CC2C(=O)N(C(=O)N3CCCC(c4cccc(Oc5ccccc5)c4)C3)[C@@H]2C(=O)O)ccn1. The second-order valence-electron chi connectivity index (χ2n) is 9.45. The molecular formula is C28H28N4O5. The fourth-order valence-electron chi connectivity index (χ4n) is 5.15. The number of imide groups is 1. The molecule has 0 spiro atoms. The molecule has 0 radical (unpaired) electrons. The van der Waals surface area contributed by atoms with E-state index in [9.17, 15) is 19.5 Å². The van der Waals surface area contributed by atoms with Crippen LogP contribution in [0.3, 0.4) is 0 Å². The van der Waals surface area contributed by atoms with Crippen LogP contribution in [0.5, 0.6) is 11.5 Å². The van der Waals surface area contributed by atoms with Crippen molar-refractivity contribution >= 4 is 23.7 Å². The second-order valence-corrected chi connectivity index (χ2v) is 9.45. The van der Waals surface area contributed by atoms with Gasteiger partial charge in [-0.2, -0.15) is 0 Å². The number of piperidine rings is 1. The Bertz CT molecular complexity index is 1310. The van der Waals surface area contributed by atoms with Gasteiger partial charge in [-0.3, -0.25) is 4.79 Å². The van der Waals surface area contributed by atoms with Crippen molar-refractivity contribution in [2.75, 3.05) is 18.8 Å². The Morgan fingerprint density at radius 2 is 1.84 bits per heavy atom. The molecule has 1 aromatic heterocycles. The number of para-hydroxylation sites is 1. The van der Waals surface area contributed by atoms with Gasteiger partial charge >= 0.3 is 12.0 Å². The zero-order chi connectivity index (χ0) is 25.9. The number of carboxylic acids is 1. The Labute approximate surface area is 214 Å². The predicted molar refractivity (Wildman–Crippen MR) is 136 cm³/mol. The molecule has 2 aliphatic heterocycles. The number of aliphatic carboxylic acids is 1. The number of hydrogen-bond donors (Lipinski definition) is 2. The lowest BCUT2D eigenvalue weighted by Crippen LogP contribution is -2.69. The normalized spacial score (nSPS) is 21.3. The van der Waals surface area contributed by atoms with Crippen LogP contribution in [-0.4, -0.2) is 56.9 Å². The standard InChI is InChI=1S/C28H28N4O5/c29-24-15-18(11-12-30-24)14-23-25(27(34)35)32(26(23)33)28(36)31-13-5-7-20(17-31)19-6-4-10-22(16-19)37-21-8-2-1-3-9-21/h1-4,6,8-12,15-16,20,23,25H,5,7,13-14,17H2,(H2,29,30)(H,34,35)/t20?,23?,25-/m0/s1. The molecule has 9 nitrogen and oxygen atoms in total. The van der Waals surface area contributed by atoms with Crippen molar-refractivity contribution in [1.82, 2.24) is 14.8 Å². The van der Waals surface area contributed by atoms with E-state index in [1.807, 2.05) is 54.6 Å². The van der Waals surface area contributed by atoms with Gasteiger partial charge in [0.05, 0.1) is 5.92 Å². The predicted octanol–water partition coefficient (Wildman–Crippen LogP) is 3.91. The zero-order valence-electron chi connectivity index (χ0n) is 20.2. The highest BCUT2D eigenvalue weighted by Crippen LogP contribution is 2.35. The van der Waals surface area contributed by atoms with Crippen LogP contribution >= 0.6 is 0 Å². The van der Waals surface area contributed by atoms with Crippen molar-refractivity contribution in [2.45, 2.75) is 31.2 Å². The third-order valence-electron chi connectivity index (χ3n) is 6.97. The number of nitrogens with zero attached hydrogens (tertiary/aromatic N) is 3. The maximum atomic E-state index is 13.4. The van der Waals surface area contributed by atoms with Gasteiger partial charge in [-0.25, -0.2) is 19.5 Å². The molecule has 2 aromatic carbocycles. The average molecular weight is 501 g/mol. The number of amides is 3. The van der Waals surface area contributed by atoms with Crippen LogP contribution in [0, 0.1) is 5.92 Å². The zero-order valence-corrected chi connectivity index (χ0v) is 20.2. The van der Waals surface area contributed by atoms with Crippen LogP contribution in [0.25, 0.3) is 0 Å². The number of aromatic nitrogens is 1. The molecule has 2 unspecified atom stereocenters. The molecule has 37 heavy (non-hydrogen) atoms. The topological polar surface area (TPSA) is 126 Å². The molecule has 0 bridgehead atoms. The fourth-order valence-corrected chi connectivity index (χ4v) is 5.15. The van der Waals surface area contributed by atoms with Gasteiger partial charge in [0.25, 0.3) is 0 Å². The Morgan fingerprint density at radius 1 is 1.05 bits per heavy atom. The number of benzene rings is 2. The summed E-state index contributed by atoms with van der Waals surface area (Å²) in [6.45, 7) is 0.868. The van der Waals surface area contributed by atoms with E-state index in [4.69, 9.17) is 10.5 Å². The van der Waals surface area contributed by atoms with Crippen LogP contribution in [0.2, 0.25) is 0 Å². The average Bonchev–Trinajstić information content (AvgIpc) is 2.90. The second kappa shape index (κ2) is 10.3. The first-order chi connectivity index (χ1) is 17.9. The van der Waals surface area contributed by atoms with Crippen molar-refractivity contribution in [3.8, 4) is 11.5 Å². The summed E-state index contributed by atoms with van der Waals surface area (Å²) in [5, 5.41) is 9.84. The van der Waals surface area contributed by atoms with Crippen molar-refractivity contribution in [2.24, 2.45) is 5.92 Å². The largest absolute Gasteiger partial charge is 0.480 e. The highest BCUT2D eigenvalue weighted by Gasteiger charge is 2.55. The minimum atomic E-state index is -1.21. The van der Waals surface area contributed by atoms with Crippen LogP contribution in [0.15, 0.2) is 72.9 Å². The van der Waals surface area contributed by atoms with Gasteiger partial charge in [-0.1, -0.05) is 30.3 Å². The molecule has 2 fully saturated rings. The number of nitrogen functional groups attached to an aromatic ring is 1. The molecule has 0 aliphatic carbocycles. The highest BCUT2D eigenvalue weighted by atomic mass is 16.5. The molecule has 3 aromatic rings. The number of pyridine rings is 1. The molecule has 3 heterocycles. The summed E-state index contributed by atoms with van der Waals surface area (Å²) in [6.07, 6.45) is 3.32. The number of nitrogens with two attached hydrogens (primary N) is 1. The van der Waals surface area contributed by atoms with E-state index < -0.39 is 29.9 Å². The third-order valence-corrected chi connectivity index (χ3v) is 6.97. The van der Waals surface area contributed by atoms with Crippen LogP contribution in [0.4, 0.5) is 10.6 Å². The molecule has 3 N–H and O–H groups in total. The Kier molecular flexibility index (Phi) is 6.76. The molecule has 9 heteroatoms. The minimum absolute atomic E-state index is 0.0484. The number of hydrogen-bond acceptors (Lipinski definition) is 6. The van der Waals surface area contributed by atoms with E-state index >= 15 is 0 Å². The maximum absolute atomic E-state index is 13.4. The van der Waals surface area contributed by atoms with E-state index in [-0.39, 0.29) is 12.3 Å². The first-order valence-electron chi connectivity index (χ1n) is 12.3. The molecular weight excluding hydrogens is 472 g/mol. The Hall–Kier alpha value is -4.40. The molecule has 5 rings (SSSR count). The van der Waals surface area contributed by atoms with Gasteiger partial charge in [-0.15, -0.1) is 0 Å². The van der Waals surface area contributed by atoms with Crippen LogP contribution < -0.4 is 10.5 Å². The van der Waals surface area contributed by atoms with Gasteiger partial charge in [0.2, 0.25) is 5.91 Å². The van der Waals surface area contributed by atoms with E-state index in [1.165, 1.54) is 6.20 Å². The van der Waals surface area contributed by atoms with Crippen molar-refractivity contribution in [3.05, 3.63) is 84.1 Å². The number of ether oxygens (including phenoxy) is 1. The molecule has 3 amide bonds. The lowest BCUT2D eigenvalue weighted by Gasteiger charge is -2.46. The van der Waals surface area contributed by atoms with Crippen molar-refractivity contribution < 1.29 is 24.2 Å². The Morgan fingerprint density at radius 3 is 2.59 bits per heavy atom. The van der Waals surface area contributed by atoms with Crippen molar-refractivity contribution in [1.29, 1.82) is 0 Å². The summed E-state index contributed by atoms with van der Waals surface area (Å²) < 4.78 is 5.96. The van der Waals surface area contributed by atoms with Gasteiger partial charge in [0.1, 0.15) is 17.3 Å². The number of carbonyl (C=O) groups excluding carboxylic acids is 2. The maximum Gasteiger partial charge on any atom is 0.327 e. The highest BCUT2D eigenvalue weighted by molar-refractivity contribution is 6.07. The van der Waals surface area contributed by atoms with Gasteiger partial charge in [0.15, 0.2) is 6.04 Å². The van der Waals surface area contributed by atoms with Gasteiger partial charge in [0, 0.05) is 25.2 Å². The van der Waals surface area contributed by atoms with Crippen molar-refractivity contribution in [3.63, 3.8) is 0 Å². The molecule has 190 valence electrons. The fraction of sp³-hybridized carbons (Fsp3) is 0.286. The van der Waals surface area contributed by atoms with Crippen LogP contribution in [-0.2, 0) is 16.0 Å². The molecule has 0 saturated carbocycles. The number of rotatable bonds is 6. The summed E-state index contributed by atoms with van der Waals surface area (Å²) in [4.78, 5) is 44.8. The number of carboxylic acid groups (broad SMARTS) is 1. The van der Waals surface area contributed by atoms with E-state index in [0.29, 0.717) is 30.2 Å². The molecule has 3 atom stereocenters. The quantitative estimate of drug-likeness (QED) is 0.492. The summed E-state index contributed by atoms with van der Waals surface area (Å²) in [6, 6.07) is 18.8. The lowest BCUT2D eigenvalue weighted by molar-refractivity contribution is -0.166. The number of urea groups is 1. The van der Waals surface area contributed by atoms with E-state index in [1.54, 1.807) is 17.0 Å². The Balaban J connectivity index is 1.27. The first kappa shape index (κ1) is 24.3. The number of anilines is 1. The molecule has 2 aliphatic rings. The van der Waals surface area contributed by atoms with E-state index in [2.05, 4.69) is 4.98 Å². The number of β-lactam (4-membered cyclic amide) rings is 1. The summed E-state index contributed by atoms with van der Waals surface area (Å²) in [5.74, 6) is -0.715. The van der Waals surface area contributed by atoms with Crippen LogP contribution in [0.1, 0.15) is 29.9 Å². The first-order valence-corrected chi connectivity index (χ1v) is 12.3. The monoisotopic (exact) mass is 500 g/mol. The summed E-state index contributed by atoms with van der Waals surface area (Å²) in [5.41, 5.74) is 7.45. The van der Waals surface area contributed by atoms with Gasteiger partial charge in [-0.05, 0) is 66.8 Å². The third kappa shape index (κ3) is 5.11. The molecule has 2 saturated heterocycles. The summed E-state index contributed by atoms with van der Waals surface area (Å²) >= 11 is 0. The van der Waals surface area contributed by atoms with E-state index in [0.717, 1.165) is 29.1 Å².